The molecular formula is C27H31N3O7. The van der Waals surface area contributed by atoms with Crippen LogP contribution >= 0.6 is 0 Å². The van der Waals surface area contributed by atoms with Crippen LogP contribution in [0, 0.1) is 5.92 Å². The molecule has 5 rings (SSSR count). The third-order valence-corrected chi connectivity index (χ3v) is 7.12. The van der Waals surface area contributed by atoms with E-state index in [1.54, 1.807) is 41.3 Å². The summed E-state index contributed by atoms with van der Waals surface area (Å²) < 4.78 is 21.4. The molecule has 0 aromatic heterocycles. The first-order valence-electron chi connectivity index (χ1n) is 12.6. The van der Waals surface area contributed by atoms with Crippen molar-refractivity contribution < 1.29 is 33.3 Å². The van der Waals surface area contributed by atoms with Gasteiger partial charge in [-0.25, -0.2) is 0 Å². The lowest BCUT2D eigenvalue weighted by molar-refractivity contribution is -0.125. The molecule has 0 saturated carbocycles. The summed E-state index contributed by atoms with van der Waals surface area (Å²) in [6.07, 6.45) is 1.93. The Labute approximate surface area is 215 Å². The number of hydrogen-bond donors (Lipinski definition) is 2. The van der Waals surface area contributed by atoms with Crippen LogP contribution in [-0.2, 0) is 4.79 Å². The van der Waals surface area contributed by atoms with Crippen LogP contribution in [0.15, 0.2) is 36.4 Å². The Morgan fingerprint density at radius 3 is 2.05 bits per heavy atom. The van der Waals surface area contributed by atoms with Crippen molar-refractivity contribution in [3.8, 4) is 23.0 Å². The lowest BCUT2D eigenvalue weighted by Gasteiger charge is -2.36. The van der Waals surface area contributed by atoms with E-state index < -0.39 is 6.04 Å². The van der Waals surface area contributed by atoms with E-state index in [4.69, 9.17) is 18.9 Å². The fourth-order valence-electron chi connectivity index (χ4n) is 4.74. The summed E-state index contributed by atoms with van der Waals surface area (Å²) in [5, 5.41) is 5.95. The van der Waals surface area contributed by atoms with E-state index >= 15 is 0 Å². The van der Waals surface area contributed by atoms with E-state index in [-0.39, 0.29) is 43.3 Å². The number of nitrogens with zero attached hydrogens (tertiary/aromatic N) is 1. The first kappa shape index (κ1) is 24.7. The van der Waals surface area contributed by atoms with Crippen LogP contribution in [0.2, 0.25) is 0 Å². The molecule has 0 radical (unpaired) electrons. The van der Waals surface area contributed by atoms with Gasteiger partial charge >= 0.3 is 0 Å². The van der Waals surface area contributed by atoms with Crippen molar-refractivity contribution in [1.82, 2.24) is 15.5 Å². The number of ether oxygens (including phenoxy) is 4. The normalized spacial score (nSPS) is 17.7. The summed E-state index contributed by atoms with van der Waals surface area (Å²) in [7, 11) is 0. The molecule has 3 amide bonds. The Kier molecular flexibility index (Phi) is 7.07. The minimum atomic E-state index is -0.727. The molecule has 2 unspecified atom stereocenters. The quantitative estimate of drug-likeness (QED) is 0.590. The molecule has 3 aliphatic heterocycles. The summed E-state index contributed by atoms with van der Waals surface area (Å²) in [4.78, 5) is 41.3. The van der Waals surface area contributed by atoms with Gasteiger partial charge in [-0.05, 0) is 68.5 Å². The SMILES string of the molecule is CCC(C)NC(=O)C(NC(=O)c1ccc2c(c1)OCO2)C1CCN(C(=O)c2ccc3c(c2)OCO3)CC1. The van der Waals surface area contributed by atoms with E-state index in [1.807, 2.05) is 13.8 Å². The molecule has 10 heteroatoms. The van der Waals surface area contributed by atoms with Gasteiger partial charge in [0.15, 0.2) is 23.0 Å². The average molecular weight is 510 g/mol. The molecule has 3 aliphatic rings. The molecular weight excluding hydrogens is 478 g/mol. The van der Waals surface area contributed by atoms with E-state index in [0.29, 0.717) is 60.1 Å². The van der Waals surface area contributed by atoms with Crippen molar-refractivity contribution in [1.29, 1.82) is 0 Å². The minimum Gasteiger partial charge on any atom is -0.454 e. The Morgan fingerprint density at radius 2 is 1.43 bits per heavy atom. The van der Waals surface area contributed by atoms with Crippen LogP contribution in [0.3, 0.4) is 0 Å². The molecule has 0 spiro atoms. The fourth-order valence-corrected chi connectivity index (χ4v) is 4.74. The number of rotatable bonds is 7. The predicted octanol–water partition coefficient (Wildman–Crippen LogP) is 2.71. The smallest absolute Gasteiger partial charge is 0.253 e. The number of carbonyl (C=O) groups is 3. The molecule has 0 bridgehead atoms. The number of benzene rings is 2. The third-order valence-electron chi connectivity index (χ3n) is 7.12. The van der Waals surface area contributed by atoms with Gasteiger partial charge in [-0.3, -0.25) is 14.4 Å². The zero-order chi connectivity index (χ0) is 25.9. The molecule has 0 aliphatic carbocycles. The van der Waals surface area contributed by atoms with E-state index in [0.717, 1.165) is 6.42 Å². The number of carbonyl (C=O) groups excluding carboxylic acids is 3. The van der Waals surface area contributed by atoms with Gasteiger partial charge in [0.05, 0.1) is 0 Å². The molecule has 1 saturated heterocycles. The van der Waals surface area contributed by atoms with Crippen LogP contribution in [0.25, 0.3) is 0 Å². The first-order chi connectivity index (χ1) is 17.9. The number of amides is 3. The first-order valence-corrected chi connectivity index (χ1v) is 12.6. The maximum absolute atomic E-state index is 13.2. The Morgan fingerprint density at radius 1 is 0.865 bits per heavy atom. The summed E-state index contributed by atoms with van der Waals surface area (Å²) >= 11 is 0. The van der Waals surface area contributed by atoms with Crippen molar-refractivity contribution in [2.75, 3.05) is 26.7 Å². The van der Waals surface area contributed by atoms with Gasteiger partial charge in [-0.1, -0.05) is 6.92 Å². The summed E-state index contributed by atoms with van der Waals surface area (Å²) in [5.74, 6) is 1.48. The highest BCUT2D eigenvalue weighted by atomic mass is 16.7. The maximum atomic E-state index is 13.2. The lowest BCUT2D eigenvalue weighted by atomic mass is 9.88. The van der Waals surface area contributed by atoms with Gasteiger partial charge in [0.2, 0.25) is 19.5 Å². The van der Waals surface area contributed by atoms with Crippen LogP contribution < -0.4 is 29.6 Å². The zero-order valence-corrected chi connectivity index (χ0v) is 21.0. The molecule has 1 fully saturated rings. The lowest BCUT2D eigenvalue weighted by Crippen LogP contribution is -2.55. The molecule has 3 heterocycles. The average Bonchev–Trinajstić information content (AvgIpc) is 3.59. The van der Waals surface area contributed by atoms with Crippen molar-refractivity contribution in [2.24, 2.45) is 5.92 Å². The zero-order valence-electron chi connectivity index (χ0n) is 21.0. The van der Waals surface area contributed by atoms with Crippen LogP contribution in [0.5, 0.6) is 23.0 Å². The van der Waals surface area contributed by atoms with E-state index in [2.05, 4.69) is 10.6 Å². The maximum Gasteiger partial charge on any atom is 0.253 e. The highest BCUT2D eigenvalue weighted by Crippen LogP contribution is 2.34. The van der Waals surface area contributed by atoms with Crippen LogP contribution in [-0.4, -0.2) is 61.4 Å². The molecule has 196 valence electrons. The third kappa shape index (κ3) is 5.28. The van der Waals surface area contributed by atoms with Gasteiger partial charge in [0.25, 0.3) is 11.8 Å². The number of fused-ring (bicyclic) bond motifs is 2. The second-order valence-corrected chi connectivity index (χ2v) is 9.53. The monoisotopic (exact) mass is 509 g/mol. The molecule has 37 heavy (non-hydrogen) atoms. The Hall–Kier alpha value is -3.95. The molecule has 2 atom stereocenters. The summed E-state index contributed by atoms with van der Waals surface area (Å²) in [5.41, 5.74) is 0.922. The van der Waals surface area contributed by atoms with Gasteiger partial charge in [0, 0.05) is 30.3 Å². The van der Waals surface area contributed by atoms with Crippen molar-refractivity contribution in [3.63, 3.8) is 0 Å². The topological polar surface area (TPSA) is 115 Å². The van der Waals surface area contributed by atoms with Crippen molar-refractivity contribution in [2.45, 2.75) is 45.2 Å². The summed E-state index contributed by atoms with van der Waals surface area (Å²) in [6.45, 7) is 5.14. The minimum absolute atomic E-state index is 0.0230. The second kappa shape index (κ2) is 10.6. The van der Waals surface area contributed by atoms with Gasteiger partial charge < -0.3 is 34.5 Å². The largest absolute Gasteiger partial charge is 0.454 e. The van der Waals surface area contributed by atoms with Gasteiger partial charge in [-0.2, -0.15) is 0 Å². The molecule has 10 nitrogen and oxygen atoms in total. The Balaban J connectivity index is 1.26. The highest BCUT2D eigenvalue weighted by molar-refractivity contribution is 5.98. The standard InChI is InChI=1S/C27H31N3O7/c1-3-16(2)28-26(32)24(29-25(31)18-4-6-20-22(12-18)36-14-34-20)17-8-10-30(11-9-17)27(33)19-5-7-21-23(13-19)37-15-35-21/h4-7,12-13,16-17,24H,3,8-11,14-15H2,1-2H3,(H,28,32)(H,29,31). The van der Waals surface area contributed by atoms with Gasteiger partial charge in [0.1, 0.15) is 6.04 Å². The number of hydrogen-bond acceptors (Lipinski definition) is 7. The van der Waals surface area contributed by atoms with Crippen LogP contribution in [0.4, 0.5) is 0 Å². The van der Waals surface area contributed by atoms with Crippen molar-refractivity contribution >= 4 is 17.7 Å². The van der Waals surface area contributed by atoms with E-state index in [1.165, 1.54) is 0 Å². The second-order valence-electron chi connectivity index (χ2n) is 9.53. The molecule has 2 N–H and O–H groups in total. The molecule has 2 aromatic carbocycles. The number of nitrogens with one attached hydrogen (secondary N) is 2. The van der Waals surface area contributed by atoms with Gasteiger partial charge in [-0.15, -0.1) is 0 Å². The number of piperidine rings is 1. The van der Waals surface area contributed by atoms with Crippen LogP contribution in [0.1, 0.15) is 53.8 Å². The highest BCUT2D eigenvalue weighted by Gasteiger charge is 2.35. The van der Waals surface area contributed by atoms with E-state index in [9.17, 15) is 14.4 Å². The number of likely N-dealkylation sites (tertiary alicyclic amines) is 1. The fraction of sp³-hybridized carbons (Fsp3) is 0.444. The van der Waals surface area contributed by atoms with Crippen molar-refractivity contribution in [3.05, 3.63) is 47.5 Å². The molecule has 2 aromatic rings. The Bertz CT molecular complexity index is 1190. The summed E-state index contributed by atoms with van der Waals surface area (Å²) in [6, 6.07) is 9.38. The predicted molar refractivity (Wildman–Crippen MR) is 133 cm³/mol.